The molecule has 8 nitrogen and oxygen atoms in total. The molecule has 0 bridgehead atoms. The van der Waals surface area contributed by atoms with Crippen molar-refractivity contribution in [1.82, 2.24) is 18.8 Å². The molecule has 9 heteroatoms. The lowest BCUT2D eigenvalue weighted by Gasteiger charge is -2.49. The van der Waals surface area contributed by atoms with E-state index < -0.39 is 15.6 Å². The molecule has 2 aromatic heterocycles. The lowest BCUT2D eigenvalue weighted by molar-refractivity contribution is -0.0946. The normalized spacial score (nSPS) is 27.5. The lowest BCUT2D eigenvalue weighted by Crippen LogP contribution is -2.61. The summed E-state index contributed by atoms with van der Waals surface area (Å²) in [5.41, 5.74) is 0.352. The van der Waals surface area contributed by atoms with E-state index in [9.17, 15) is 18.3 Å². The zero-order valence-corrected chi connectivity index (χ0v) is 15.4. The molecule has 0 saturated carbocycles. The fourth-order valence-electron chi connectivity index (χ4n) is 4.03. The molecule has 2 fully saturated rings. The van der Waals surface area contributed by atoms with Crippen LogP contribution in [0.4, 0.5) is 0 Å². The number of fused-ring (bicyclic) bond motifs is 2. The Morgan fingerprint density at radius 2 is 2.04 bits per heavy atom. The maximum absolute atomic E-state index is 13.0. The summed E-state index contributed by atoms with van der Waals surface area (Å²) in [6, 6.07) is 5.54. The number of rotatable bonds is 2. The molecule has 0 spiro atoms. The Balaban J connectivity index is 1.57. The van der Waals surface area contributed by atoms with Gasteiger partial charge in [-0.2, -0.15) is 5.10 Å². The van der Waals surface area contributed by atoms with Crippen LogP contribution in [0.1, 0.15) is 23.2 Å². The molecule has 2 atom stereocenters. The molecule has 1 amide bonds. The number of aromatic nitrogens is 2. The van der Waals surface area contributed by atoms with Gasteiger partial charge < -0.3 is 10.0 Å². The molecule has 2 saturated heterocycles. The highest BCUT2D eigenvalue weighted by Crippen LogP contribution is 2.36. The Morgan fingerprint density at radius 3 is 2.81 bits per heavy atom. The van der Waals surface area contributed by atoms with Gasteiger partial charge in [-0.1, -0.05) is 6.07 Å². The largest absolute Gasteiger partial charge is 0.389 e. The standard InChI is InChI=1S/C17H22N4O4S/c1-26(24,25)20-9-6-17(23)5-8-19(11-13(17)12-20)16(22)14-10-18-21-7-3-2-4-15(14)21/h2-4,7,10,13,23H,5-6,8-9,11-12H2,1H3. The third-order valence-corrected chi connectivity index (χ3v) is 6.92. The topological polar surface area (TPSA) is 95.2 Å². The Morgan fingerprint density at radius 1 is 1.27 bits per heavy atom. The fraction of sp³-hybridized carbons (Fsp3) is 0.529. The number of hydrogen-bond donors (Lipinski definition) is 1. The second-order valence-corrected chi connectivity index (χ2v) is 9.24. The van der Waals surface area contributed by atoms with Crippen molar-refractivity contribution >= 4 is 21.4 Å². The first-order valence-corrected chi connectivity index (χ1v) is 10.5. The SMILES string of the molecule is CS(=O)(=O)N1CCC2(O)CCN(C(=O)c3cnn4ccccc34)CC2C1. The molecule has 0 aromatic carbocycles. The molecule has 140 valence electrons. The molecular formula is C17H22N4O4S. The molecule has 2 aliphatic heterocycles. The second-order valence-electron chi connectivity index (χ2n) is 7.26. The molecule has 2 aliphatic rings. The highest BCUT2D eigenvalue weighted by Gasteiger charge is 2.47. The first-order valence-electron chi connectivity index (χ1n) is 8.67. The zero-order valence-electron chi connectivity index (χ0n) is 14.6. The van der Waals surface area contributed by atoms with Crippen molar-refractivity contribution in [3.8, 4) is 0 Å². The van der Waals surface area contributed by atoms with Gasteiger partial charge in [0.2, 0.25) is 10.0 Å². The summed E-state index contributed by atoms with van der Waals surface area (Å²) in [5.74, 6) is -0.421. The van der Waals surface area contributed by atoms with Crippen LogP contribution in [-0.4, -0.2) is 76.3 Å². The van der Waals surface area contributed by atoms with Crippen molar-refractivity contribution in [3.63, 3.8) is 0 Å². The highest BCUT2D eigenvalue weighted by atomic mass is 32.2. The van der Waals surface area contributed by atoms with Gasteiger partial charge >= 0.3 is 0 Å². The van der Waals surface area contributed by atoms with E-state index in [0.29, 0.717) is 38.0 Å². The van der Waals surface area contributed by atoms with Crippen molar-refractivity contribution in [2.45, 2.75) is 18.4 Å². The third-order valence-electron chi connectivity index (χ3n) is 5.65. The van der Waals surface area contributed by atoms with Gasteiger partial charge in [-0.3, -0.25) is 4.79 Å². The molecule has 2 aromatic rings. The van der Waals surface area contributed by atoms with Crippen molar-refractivity contribution in [3.05, 3.63) is 36.2 Å². The van der Waals surface area contributed by atoms with Crippen LogP contribution in [0, 0.1) is 5.92 Å². The number of carbonyl (C=O) groups is 1. The number of likely N-dealkylation sites (tertiary alicyclic amines) is 1. The quantitative estimate of drug-likeness (QED) is 0.805. The first-order chi connectivity index (χ1) is 12.3. The summed E-state index contributed by atoms with van der Waals surface area (Å²) in [6.45, 7) is 1.36. The van der Waals surface area contributed by atoms with Gasteiger partial charge in [0.25, 0.3) is 5.91 Å². The van der Waals surface area contributed by atoms with Crippen molar-refractivity contribution in [2.75, 3.05) is 32.4 Å². The summed E-state index contributed by atoms with van der Waals surface area (Å²) in [6.07, 6.45) is 5.39. The van der Waals surface area contributed by atoms with E-state index in [1.165, 1.54) is 10.6 Å². The van der Waals surface area contributed by atoms with E-state index in [4.69, 9.17) is 0 Å². The van der Waals surface area contributed by atoms with Gasteiger partial charge in [0, 0.05) is 38.3 Å². The monoisotopic (exact) mass is 378 g/mol. The van der Waals surface area contributed by atoms with Gasteiger partial charge in [-0.15, -0.1) is 0 Å². The van der Waals surface area contributed by atoms with E-state index >= 15 is 0 Å². The predicted octanol–water partition coefficient (Wildman–Crippen LogP) is 0.193. The minimum atomic E-state index is -3.31. The minimum Gasteiger partial charge on any atom is -0.389 e. The van der Waals surface area contributed by atoms with Crippen LogP contribution in [0.3, 0.4) is 0 Å². The molecule has 26 heavy (non-hydrogen) atoms. The smallest absolute Gasteiger partial charge is 0.257 e. The Labute approximate surface area is 152 Å². The molecule has 1 N–H and O–H groups in total. The van der Waals surface area contributed by atoms with Crippen molar-refractivity contribution in [2.24, 2.45) is 5.92 Å². The van der Waals surface area contributed by atoms with Crippen LogP contribution in [0.25, 0.3) is 5.52 Å². The van der Waals surface area contributed by atoms with Gasteiger partial charge in [0.05, 0.1) is 29.1 Å². The molecular weight excluding hydrogens is 356 g/mol. The summed E-state index contributed by atoms with van der Waals surface area (Å²) in [5, 5.41) is 15.1. The number of nitrogens with zero attached hydrogens (tertiary/aromatic N) is 4. The van der Waals surface area contributed by atoms with E-state index in [1.54, 1.807) is 21.8 Å². The highest BCUT2D eigenvalue weighted by molar-refractivity contribution is 7.88. The fourth-order valence-corrected chi connectivity index (χ4v) is 4.90. The predicted molar refractivity (Wildman–Crippen MR) is 95.2 cm³/mol. The number of piperidine rings is 2. The van der Waals surface area contributed by atoms with E-state index in [0.717, 1.165) is 5.52 Å². The van der Waals surface area contributed by atoms with Crippen LogP contribution < -0.4 is 0 Å². The number of hydrogen-bond acceptors (Lipinski definition) is 5. The van der Waals surface area contributed by atoms with Crippen LogP contribution in [0.2, 0.25) is 0 Å². The number of carbonyl (C=O) groups excluding carboxylic acids is 1. The minimum absolute atomic E-state index is 0.135. The second kappa shape index (κ2) is 6.04. The van der Waals surface area contributed by atoms with Crippen LogP contribution >= 0.6 is 0 Å². The number of sulfonamides is 1. The Bertz CT molecular complexity index is 957. The number of aliphatic hydroxyl groups is 1. The zero-order chi connectivity index (χ0) is 18.5. The van der Waals surface area contributed by atoms with E-state index in [-0.39, 0.29) is 18.4 Å². The van der Waals surface area contributed by atoms with Gasteiger partial charge in [-0.05, 0) is 25.0 Å². The average molecular weight is 378 g/mol. The Kier molecular flexibility index (Phi) is 4.05. The summed E-state index contributed by atoms with van der Waals surface area (Å²) >= 11 is 0. The van der Waals surface area contributed by atoms with Crippen molar-refractivity contribution < 1.29 is 18.3 Å². The van der Waals surface area contributed by atoms with Gasteiger partial charge in [0.1, 0.15) is 0 Å². The maximum atomic E-state index is 13.0. The maximum Gasteiger partial charge on any atom is 0.257 e. The van der Waals surface area contributed by atoms with Crippen LogP contribution in [0.15, 0.2) is 30.6 Å². The summed E-state index contributed by atoms with van der Waals surface area (Å²) in [4.78, 5) is 14.7. The number of amides is 1. The third kappa shape index (κ3) is 2.89. The van der Waals surface area contributed by atoms with Crippen LogP contribution in [-0.2, 0) is 10.0 Å². The molecule has 4 rings (SSSR count). The first kappa shape index (κ1) is 17.4. The molecule has 0 aliphatic carbocycles. The average Bonchev–Trinajstić information content (AvgIpc) is 3.03. The Hall–Kier alpha value is -1.97. The molecule has 2 unspecified atom stereocenters. The van der Waals surface area contributed by atoms with Crippen molar-refractivity contribution in [1.29, 1.82) is 0 Å². The molecule has 4 heterocycles. The van der Waals surface area contributed by atoms with E-state index in [1.807, 2.05) is 18.2 Å². The van der Waals surface area contributed by atoms with Gasteiger partial charge in [-0.25, -0.2) is 17.2 Å². The number of pyridine rings is 1. The van der Waals surface area contributed by atoms with E-state index in [2.05, 4.69) is 5.10 Å². The molecule has 0 radical (unpaired) electrons. The van der Waals surface area contributed by atoms with Gasteiger partial charge in [0.15, 0.2) is 0 Å². The van der Waals surface area contributed by atoms with Crippen LogP contribution in [0.5, 0.6) is 0 Å². The summed E-state index contributed by atoms with van der Waals surface area (Å²) < 4.78 is 26.8. The lowest BCUT2D eigenvalue weighted by atomic mass is 9.76. The summed E-state index contributed by atoms with van der Waals surface area (Å²) in [7, 11) is -3.31.